The fourth-order valence-corrected chi connectivity index (χ4v) is 1.34. The highest BCUT2D eigenvalue weighted by molar-refractivity contribution is 5.95. The number of hydrogen-bond donors (Lipinski definition) is 1. The van der Waals surface area contributed by atoms with Crippen molar-refractivity contribution >= 4 is 11.9 Å². The second-order valence-electron chi connectivity index (χ2n) is 3.42. The van der Waals surface area contributed by atoms with Gasteiger partial charge in [-0.25, -0.2) is 0 Å². The number of hydrogen-bond acceptors (Lipinski definition) is 3. The standard InChI is InChI=1S/C12H15NO3/c1-2-7-16-11(14)8-9-5-3-4-6-10(9)12(13)15/h3-6H,2,7-8H2,1H3,(H2,13,15). The Morgan fingerprint density at radius 3 is 2.62 bits per heavy atom. The van der Waals surface area contributed by atoms with Crippen LogP contribution in [0.2, 0.25) is 0 Å². The summed E-state index contributed by atoms with van der Waals surface area (Å²) in [6, 6.07) is 6.77. The quantitative estimate of drug-likeness (QED) is 0.761. The van der Waals surface area contributed by atoms with Gasteiger partial charge in [0.25, 0.3) is 0 Å². The molecule has 0 saturated carbocycles. The molecule has 0 fully saturated rings. The molecule has 1 rings (SSSR count). The zero-order valence-corrected chi connectivity index (χ0v) is 9.23. The van der Waals surface area contributed by atoms with Gasteiger partial charge in [-0.2, -0.15) is 0 Å². The zero-order chi connectivity index (χ0) is 12.0. The van der Waals surface area contributed by atoms with Gasteiger partial charge in [-0.05, 0) is 18.1 Å². The summed E-state index contributed by atoms with van der Waals surface area (Å²) in [5, 5.41) is 0. The number of nitrogens with two attached hydrogens (primary N) is 1. The van der Waals surface area contributed by atoms with Crippen LogP contribution in [0.15, 0.2) is 24.3 Å². The molecule has 1 aromatic rings. The van der Waals surface area contributed by atoms with Crippen LogP contribution >= 0.6 is 0 Å². The van der Waals surface area contributed by atoms with Crippen LogP contribution in [0.3, 0.4) is 0 Å². The Morgan fingerprint density at radius 2 is 2.00 bits per heavy atom. The van der Waals surface area contributed by atoms with Gasteiger partial charge in [0.15, 0.2) is 0 Å². The van der Waals surface area contributed by atoms with Crippen LogP contribution in [-0.4, -0.2) is 18.5 Å². The second-order valence-corrected chi connectivity index (χ2v) is 3.42. The van der Waals surface area contributed by atoms with Crippen LogP contribution in [0.4, 0.5) is 0 Å². The number of carbonyl (C=O) groups excluding carboxylic acids is 2. The highest BCUT2D eigenvalue weighted by Gasteiger charge is 2.11. The predicted octanol–water partition coefficient (Wildman–Crippen LogP) is 1.28. The van der Waals surface area contributed by atoms with Crippen molar-refractivity contribution in [1.82, 2.24) is 0 Å². The van der Waals surface area contributed by atoms with Crippen molar-refractivity contribution in [2.75, 3.05) is 6.61 Å². The Hall–Kier alpha value is -1.84. The Balaban J connectivity index is 2.73. The molecule has 0 heterocycles. The molecule has 0 unspecified atom stereocenters. The van der Waals surface area contributed by atoms with Crippen molar-refractivity contribution in [3.8, 4) is 0 Å². The van der Waals surface area contributed by atoms with E-state index in [2.05, 4.69) is 0 Å². The number of amides is 1. The molecular formula is C12H15NO3. The lowest BCUT2D eigenvalue weighted by Gasteiger charge is -2.06. The van der Waals surface area contributed by atoms with Crippen LogP contribution in [0.5, 0.6) is 0 Å². The molecule has 1 amide bonds. The summed E-state index contributed by atoms with van der Waals surface area (Å²) in [4.78, 5) is 22.5. The van der Waals surface area contributed by atoms with Gasteiger partial charge < -0.3 is 10.5 Å². The van der Waals surface area contributed by atoms with E-state index in [0.29, 0.717) is 17.7 Å². The number of benzene rings is 1. The second kappa shape index (κ2) is 5.90. The molecule has 4 heteroatoms. The SMILES string of the molecule is CCCOC(=O)Cc1ccccc1C(N)=O. The molecule has 0 radical (unpaired) electrons. The lowest BCUT2D eigenvalue weighted by Crippen LogP contribution is -2.16. The number of rotatable bonds is 5. The lowest BCUT2D eigenvalue weighted by atomic mass is 10.0. The van der Waals surface area contributed by atoms with E-state index in [-0.39, 0.29) is 12.4 Å². The van der Waals surface area contributed by atoms with Gasteiger partial charge in [-0.1, -0.05) is 25.1 Å². The molecular weight excluding hydrogens is 206 g/mol. The normalized spacial score (nSPS) is 9.81. The molecule has 86 valence electrons. The van der Waals surface area contributed by atoms with E-state index in [0.717, 1.165) is 6.42 Å². The smallest absolute Gasteiger partial charge is 0.310 e. The largest absolute Gasteiger partial charge is 0.465 e. The van der Waals surface area contributed by atoms with Crippen molar-refractivity contribution in [2.24, 2.45) is 5.73 Å². The zero-order valence-electron chi connectivity index (χ0n) is 9.23. The number of esters is 1. The van der Waals surface area contributed by atoms with Gasteiger partial charge in [0.2, 0.25) is 5.91 Å². The molecule has 0 atom stereocenters. The molecule has 0 aliphatic carbocycles. The van der Waals surface area contributed by atoms with E-state index in [9.17, 15) is 9.59 Å². The number of primary amides is 1. The first-order valence-corrected chi connectivity index (χ1v) is 5.18. The van der Waals surface area contributed by atoms with E-state index in [1.807, 2.05) is 6.92 Å². The maximum absolute atomic E-state index is 11.4. The highest BCUT2D eigenvalue weighted by Crippen LogP contribution is 2.09. The summed E-state index contributed by atoms with van der Waals surface area (Å²) in [5.41, 5.74) is 6.18. The van der Waals surface area contributed by atoms with Gasteiger partial charge in [-0.15, -0.1) is 0 Å². The van der Waals surface area contributed by atoms with E-state index < -0.39 is 5.91 Å². The lowest BCUT2D eigenvalue weighted by molar-refractivity contribution is -0.142. The first kappa shape index (κ1) is 12.2. The molecule has 0 saturated heterocycles. The first-order chi connectivity index (χ1) is 7.65. The molecule has 1 aromatic carbocycles. The summed E-state index contributed by atoms with van der Waals surface area (Å²) in [5.74, 6) is -0.866. The van der Waals surface area contributed by atoms with E-state index in [1.165, 1.54) is 0 Å². The van der Waals surface area contributed by atoms with Crippen LogP contribution in [0, 0.1) is 0 Å². The van der Waals surface area contributed by atoms with Gasteiger partial charge in [0, 0.05) is 5.56 Å². The van der Waals surface area contributed by atoms with Gasteiger partial charge in [0.05, 0.1) is 13.0 Å². The summed E-state index contributed by atoms with van der Waals surface area (Å²) in [6.07, 6.45) is 0.863. The molecule has 2 N–H and O–H groups in total. The van der Waals surface area contributed by atoms with Crippen LogP contribution in [-0.2, 0) is 16.0 Å². The molecule has 0 aromatic heterocycles. The van der Waals surface area contributed by atoms with Crippen molar-refractivity contribution in [3.63, 3.8) is 0 Å². The molecule has 0 bridgehead atoms. The third kappa shape index (κ3) is 3.38. The van der Waals surface area contributed by atoms with Gasteiger partial charge in [0.1, 0.15) is 0 Å². The Labute approximate surface area is 94.4 Å². The van der Waals surface area contributed by atoms with Crippen molar-refractivity contribution in [1.29, 1.82) is 0 Å². The molecule has 0 aliphatic rings. The maximum Gasteiger partial charge on any atom is 0.310 e. The van der Waals surface area contributed by atoms with Crippen molar-refractivity contribution in [2.45, 2.75) is 19.8 Å². The molecule has 16 heavy (non-hydrogen) atoms. The number of ether oxygens (including phenoxy) is 1. The van der Waals surface area contributed by atoms with Crippen LogP contribution in [0.1, 0.15) is 29.3 Å². The average molecular weight is 221 g/mol. The van der Waals surface area contributed by atoms with Gasteiger partial charge in [-0.3, -0.25) is 9.59 Å². The number of carbonyl (C=O) groups is 2. The predicted molar refractivity (Wildman–Crippen MR) is 59.9 cm³/mol. The summed E-state index contributed by atoms with van der Waals surface area (Å²) < 4.78 is 4.94. The molecule has 4 nitrogen and oxygen atoms in total. The molecule has 0 spiro atoms. The van der Waals surface area contributed by atoms with E-state index in [4.69, 9.17) is 10.5 Å². The minimum atomic E-state index is -0.529. The van der Waals surface area contributed by atoms with Crippen LogP contribution in [0.25, 0.3) is 0 Å². The van der Waals surface area contributed by atoms with Crippen LogP contribution < -0.4 is 5.73 Å². The third-order valence-electron chi connectivity index (χ3n) is 2.08. The Bertz CT molecular complexity index is 388. The Kier molecular flexibility index (Phi) is 4.51. The topological polar surface area (TPSA) is 69.4 Å². The summed E-state index contributed by atoms with van der Waals surface area (Å²) in [6.45, 7) is 2.32. The Morgan fingerprint density at radius 1 is 1.31 bits per heavy atom. The highest BCUT2D eigenvalue weighted by atomic mass is 16.5. The van der Waals surface area contributed by atoms with E-state index >= 15 is 0 Å². The summed E-state index contributed by atoms with van der Waals surface area (Å²) in [7, 11) is 0. The minimum absolute atomic E-state index is 0.0825. The summed E-state index contributed by atoms with van der Waals surface area (Å²) >= 11 is 0. The maximum atomic E-state index is 11.4. The third-order valence-corrected chi connectivity index (χ3v) is 2.08. The first-order valence-electron chi connectivity index (χ1n) is 5.18. The monoisotopic (exact) mass is 221 g/mol. The van der Waals surface area contributed by atoms with Crippen molar-refractivity contribution in [3.05, 3.63) is 35.4 Å². The fourth-order valence-electron chi connectivity index (χ4n) is 1.34. The molecule has 0 aliphatic heterocycles. The van der Waals surface area contributed by atoms with Gasteiger partial charge >= 0.3 is 5.97 Å². The average Bonchev–Trinajstić information content (AvgIpc) is 2.27. The van der Waals surface area contributed by atoms with Crippen molar-refractivity contribution < 1.29 is 14.3 Å². The fraction of sp³-hybridized carbons (Fsp3) is 0.333. The minimum Gasteiger partial charge on any atom is -0.465 e. The van der Waals surface area contributed by atoms with E-state index in [1.54, 1.807) is 24.3 Å².